The molecule has 1 aliphatic carbocycles. The summed E-state index contributed by atoms with van der Waals surface area (Å²) in [5.74, 6) is 2.51. The van der Waals surface area contributed by atoms with E-state index in [2.05, 4.69) is 68.5 Å². The van der Waals surface area contributed by atoms with Crippen molar-refractivity contribution in [2.24, 2.45) is 0 Å². The van der Waals surface area contributed by atoms with E-state index in [1.54, 1.807) is 0 Å². The lowest BCUT2D eigenvalue weighted by atomic mass is 9.83. The quantitative estimate of drug-likeness (QED) is 0.253. The van der Waals surface area contributed by atoms with Crippen molar-refractivity contribution in [2.45, 2.75) is 75.9 Å². The van der Waals surface area contributed by atoms with E-state index in [9.17, 15) is 0 Å². The molecule has 5 rings (SSSR count). The lowest BCUT2D eigenvalue weighted by Gasteiger charge is -2.23. The Labute approximate surface area is 204 Å². The molecule has 3 atom stereocenters. The Hall–Kier alpha value is -2.30. The van der Waals surface area contributed by atoms with Crippen LogP contribution in [0.5, 0.6) is 11.5 Å². The molecule has 0 aromatic heterocycles. The number of hydrogen-bond donors (Lipinski definition) is 0. The fraction of sp³-hybridized carbons (Fsp3) is 0.533. The Morgan fingerprint density at radius 3 is 1.79 bits per heavy atom. The fourth-order valence-corrected chi connectivity index (χ4v) is 4.81. The van der Waals surface area contributed by atoms with Gasteiger partial charge in [-0.1, -0.05) is 30.3 Å². The van der Waals surface area contributed by atoms with Crippen LogP contribution >= 0.6 is 0 Å². The number of benzene rings is 2. The number of ether oxygens (including phenoxy) is 4. The number of rotatable bonds is 12. The molecule has 34 heavy (non-hydrogen) atoms. The van der Waals surface area contributed by atoms with Gasteiger partial charge in [-0.3, -0.25) is 0 Å². The number of allylic oxidation sites excluding steroid dienone is 2. The molecule has 4 nitrogen and oxygen atoms in total. The first-order valence-electron chi connectivity index (χ1n) is 12.9. The first-order chi connectivity index (χ1) is 16.5. The summed E-state index contributed by atoms with van der Waals surface area (Å²) in [6.45, 7) is 7.64. The highest BCUT2D eigenvalue weighted by Crippen LogP contribution is 2.37. The summed E-state index contributed by atoms with van der Waals surface area (Å²) in [6.07, 6.45) is 10.0. The van der Waals surface area contributed by atoms with Crippen LogP contribution in [0.4, 0.5) is 0 Å². The van der Waals surface area contributed by atoms with Gasteiger partial charge in [0.1, 0.15) is 11.5 Å². The summed E-state index contributed by atoms with van der Waals surface area (Å²) in [7, 11) is 0. The first kappa shape index (κ1) is 23.4. The van der Waals surface area contributed by atoms with E-state index in [1.165, 1.54) is 23.1 Å². The fourth-order valence-electron chi connectivity index (χ4n) is 4.81. The van der Waals surface area contributed by atoms with E-state index in [0.29, 0.717) is 5.92 Å². The highest BCUT2D eigenvalue weighted by atomic mass is 16.6. The van der Waals surface area contributed by atoms with E-state index >= 15 is 0 Å². The molecule has 0 spiro atoms. The zero-order valence-electron chi connectivity index (χ0n) is 20.7. The molecule has 2 heterocycles. The summed E-state index contributed by atoms with van der Waals surface area (Å²) >= 11 is 0. The zero-order chi connectivity index (χ0) is 23.4. The maximum absolute atomic E-state index is 5.92. The Kier molecular flexibility index (Phi) is 6.99. The van der Waals surface area contributed by atoms with Gasteiger partial charge in [0.05, 0.1) is 37.6 Å². The second-order valence-electron chi connectivity index (χ2n) is 10.7. The Morgan fingerprint density at radius 2 is 1.32 bits per heavy atom. The van der Waals surface area contributed by atoms with E-state index < -0.39 is 0 Å². The standard InChI is InChI=1S/C30H38O4/c1-29(21-33-29)17-3-19-31-27-13-9-25(10-14-27)23-5-7-24(8-6-23)26-11-15-28(16-12-26)32-20-4-18-30(2)22-34-30/h5,9-16,24H,3-4,6-8,17-22H2,1-2H3. The Balaban J connectivity index is 1.05. The molecule has 182 valence electrons. The third-order valence-corrected chi connectivity index (χ3v) is 7.50. The van der Waals surface area contributed by atoms with E-state index in [4.69, 9.17) is 18.9 Å². The van der Waals surface area contributed by atoms with Gasteiger partial charge in [0.25, 0.3) is 0 Å². The van der Waals surface area contributed by atoms with Crippen molar-refractivity contribution in [1.82, 2.24) is 0 Å². The first-order valence-corrected chi connectivity index (χ1v) is 12.9. The minimum absolute atomic E-state index is 0.123. The third-order valence-electron chi connectivity index (χ3n) is 7.50. The van der Waals surface area contributed by atoms with Crippen LogP contribution in [0, 0.1) is 0 Å². The largest absolute Gasteiger partial charge is 0.494 e. The summed E-state index contributed by atoms with van der Waals surface area (Å²) in [4.78, 5) is 0. The van der Waals surface area contributed by atoms with Crippen molar-refractivity contribution < 1.29 is 18.9 Å². The van der Waals surface area contributed by atoms with Gasteiger partial charge in [-0.2, -0.15) is 0 Å². The average Bonchev–Trinajstić information content (AvgIpc) is 3.79. The summed E-state index contributed by atoms with van der Waals surface area (Å²) in [5, 5.41) is 0. The second kappa shape index (κ2) is 10.1. The van der Waals surface area contributed by atoms with Gasteiger partial charge in [0.15, 0.2) is 0 Å². The lowest BCUT2D eigenvalue weighted by Crippen LogP contribution is -2.08. The molecule has 2 saturated heterocycles. The molecule has 2 aromatic carbocycles. The topological polar surface area (TPSA) is 43.5 Å². The molecule has 0 saturated carbocycles. The van der Waals surface area contributed by atoms with Crippen molar-refractivity contribution in [3.8, 4) is 11.5 Å². The molecular weight excluding hydrogens is 424 g/mol. The normalized spacial score (nSPS) is 27.7. The van der Waals surface area contributed by atoms with Crippen LogP contribution in [0.25, 0.3) is 5.57 Å². The van der Waals surface area contributed by atoms with Crippen LogP contribution in [-0.2, 0) is 9.47 Å². The van der Waals surface area contributed by atoms with Crippen LogP contribution < -0.4 is 9.47 Å². The summed E-state index contributed by atoms with van der Waals surface area (Å²) in [5.41, 5.74) is 4.43. The monoisotopic (exact) mass is 462 g/mol. The van der Waals surface area contributed by atoms with E-state index in [0.717, 1.165) is 76.5 Å². The van der Waals surface area contributed by atoms with Crippen molar-refractivity contribution in [3.05, 3.63) is 65.7 Å². The molecule has 3 aliphatic rings. The summed E-state index contributed by atoms with van der Waals surface area (Å²) in [6, 6.07) is 17.4. The summed E-state index contributed by atoms with van der Waals surface area (Å²) < 4.78 is 22.7. The highest BCUT2D eigenvalue weighted by Gasteiger charge is 2.38. The van der Waals surface area contributed by atoms with Crippen LogP contribution in [0.15, 0.2) is 54.6 Å². The average molecular weight is 463 g/mol. The maximum Gasteiger partial charge on any atom is 0.119 e. The minimum Gasteiger partial charge on any atom is -0.494 e. The van der Waals surface area contributed by atoms with Gasteiger partial charge in [0, 0.05) is 0 Å². The predicted octanol–water partition coefficient (Wildman–Crippen LogP) is 6.93. The Morgan fingerprint density at radius 1 is 0.794 bits per heavy atom. The van der Waals surface area contributed by atoms with Crippen molar-refractivity contribution in [2.75, 3.05) is 26.4 Å². The molecule has 3 unspecified atom stereocenters. The number of epoxide rings is 2. The smallest absolute Gasteiger partial charge is 0.119 e. The van der Waals surface area contributed by atoms with Crippen LogP contribution in [0.3, 0.4) is 0 Å². The van der Waals surface area contributed by atoms with E-state index in [1.807, 2.05) is 0 Å². The molecular formula is C30H38O4. The molecule has 2 aliphatic heterocycles. The Bertz CT molecular complexity index is 968. The van der Waals surface area contributed by atoms with Gasteiger partial charge in [-0.25, -0.2) is 0 Å². The lowest BCUT2D eigenvalue weighted by molar-refractivity contribution is 0.260. The number of hydrogen-bond acceptors (Lipinski definition) is 4. The SMILES string of the molecule is CC1(CCCOc2ccc(C3=CCC(c4ccc(OCCCC5(C)CO5)cc4)CC3)cc2)CO1. The van der Waals surface area contributed by atoms with Crippen molar-refractivity contribution in [3.63, 3.8) is 0 Å². The predicted molar refractivity (Wildman–Crippen MR) is 136 cm³/mol. The van der Waals surface area contributed by atoms with Gasteiger partial charge in [-0.05, 0) is 106 Å². The molecule has 0 bridgehead atoms. The van der Waals surface area contributed by atoms with Crippen LogP contribution in [0.2, 0.25) is 0 Å². The maximum atomic E-state index is 5.92. The molecule has 0 amide bonds. The molecule has 4 heteroatoms. The van der Waals surface area contributed by atoms with Crippen LogP contribution in [-0.4, -0.2) is 37.6 Å². The zero-order valence-corrected chi connectivity index (χ0v) is 20.7. The molecule has 0 radical (unpaired) electrons. The second-order valence-corrected chi connectivity index (χ2v) is 10.7. The van der Waals surface area contributed by atoms with E-state index in [-0.39, 0.29) is 11.2 Å². The molecule has 0 N–H and O–H groups in total. The third kappa shape index (κ3) is 6.43. The minimum atomic E-state index is 0.123. The molecule has 2 fully saturated rings. The van der Waals surface area contributed by atoms with Crippen molar-refractivity contribution in [1.29, 1.82) is 0 Å². The van der Waals surface area contributed by atoms with Gasteiger partial charge >= 0.3 is 0 Å². The van der Waals surface area contributed by atoms with Gasteiger partial charge in [-0.15, -0.1) is 0 Å². The van der Waals surface area contributed by atoms with Gasteiger partial charge in [0.2, 0.25) is 0 Å². The molecule has 2 aromatic rings. The van der Waals surface area contributed by atoms with Gasteiger partial charge < -0.3 is 18.9 Å². The van der Waals surface area contributed by atoms with Crippen LogP contribution in [0.1, 0.15) is 75.8 Å². The van der Waals surface area contributed by atoms with Crippen molar-refractivity contribution >= 4 is 5.57 Å². The highest BCUT2D eigenvalue weighted by molar-refractivity contribution is 5.67.